The Hall–Kier alpha value is -2.82. The molecule has 25 heavy (non-hydrogen) atoms. The number of aromatic nitrogens is 3. The number of carbonyl (C=O) groups is 1. The van der Waals surface area contributed by atoms with Crippen LogP contribution in [0.2, 0.25) is 0 Å². The Morgan fingerprint density at radius 3 is 2.72 bits per heavy atom. The van der Waals surface area contributed by atoms with Crippen molar-refractivity contribution in [1.29, 1.82) is 0 Å². The molecule has 3 heterocycles. The Morgan fingerprint density at radius 2 is 1.96 bits per heavy atom. The molecule has 1 atom stereocenters. The molecular formula is C20H22N4O. The number of fused-ring (bicyclic) bond motifs is 1. The molecule has 0 saturated heterocycles. The van der Waals surface area contributed by atoms with Crippen molar-refractivity contribution in [3.8, 4) is 0 Å². The fourth-order valence-electron chi connectivity index (χ4n) is 2.85. The van der Waals surface area contributed by atoms with Crippen molar-refractivity contribution in [2.75, 3.05) is 7.05 Å². The second kappa shape index (κ2) is 6.97. The van der Waals surface area contributed by atoms with Crippen LogP contribution in [0.4, 0.5) is 0 Å². The molecule has 5 nitrogen and oxygen atoms in total. The number of hydrogen-bond acceptors (Lipinski definition) is 4. The molecule has 128 valence electrons. The molecule has 0 N–H and O–H groups in total. The minimum absolute atomic E-state index is 0.0316. The number of likely N-dealkylation sites (N-methyl/N-ethyl adjacent to an activating group) is 1. The molecule has 0 aliphatic rings. The Labute approximate surface area is 147 Å². The summed E-state index contributed by atoms with van der Waals surface area (Å²) in [4.78, 5) is 27.8. The number of nitrogens with zero attached hydrogens (tertiary/aromatic N) is 4. The lowest BCUT2D eigenvalue weighted by atomic mass is 10.1. The van der Waals surface area contributed by atoms with Crippen LogP contribution in [0.1, 0.15) is 34.2 Å². The summed E-state index contributed by atoms with van der Waals surface area (Å²) in [5, 5.41) is 0.873. The van der Waals surface area contributed by atoms with Crippen molar-refractivity contribution in [1.82, 2.24) is 19.9 Å². The van der Waals surface area contributed by atoms with Crippen molar-refractivity contribution in [2.24, 2.45) is 0 Å². The summed E-state index contributed by atoms with van der Waals surface area (Å²) in [6.45, 7) is 5.93. The van der Waals surface area contributed by atoms with E-state index in [1.54, 1.807) is 11.1 Å². The molecule has 3 aromatic heterocycles. The number of rotatable bonds is 4. The van der Waals surface area contributed by atoms with Crippen LogP contribution in [-0.2, 0) is 6.42 Å². The first-order chi connectivity index (χ1) is 12.0. The average Bonchev–Trinajstić information content (AvgIpc) is 2.60. The highest BCUT2D eigenvalue weighted by atomic mass is 16.2. The zero-order valence-electron chi connectivity index (χ0n) is 15.0. The zero-order chi connectivity index (χ0) is 18.0. The van der Waals surface area contributed by atoms with Crippen molar-refractivity contribution in [2.45, 2.75) is 33.2 Å². The quantitative estimate of drug-likeness (QED) is 0.734. The van der Waals surface area contributed by atoms with E-state index in [0.717, 1.165) is 11.1 Å². The Kier molecular flexibility index (Phi) is 4.74. The molecule has 3 rings (SSSR count). The summed E-state index contributed by atoms with van der Waals surface area (Å²) in [5.41, 5.74) is 4.14. The van der Waals surface area contributed by atoms with Crippen LogP contribution in [0.15, 0.2) is 42.7 Å². The summed E-state index contributed by atoms with van der Waals surface area (Å²) < 4.78 is 0. The van der Waals surface area contributed by atoms with E-state index >= 15 is 0 Å². The molecular weight excluding hydrogens is 312 g/mol. The fourth-order valence-corrected chi connectivity index (χ4v) is 2.85. The predicted octanol–water partition coefficient (Wildman–Crippen LogP) is 3.34. The van der Waals surface area contributed by atoms with E-state index in [2.05, 4.69) is 21.0 Å². The van der Waals surface area contributed by atoms with Crippen LogP contribution in [0, 0.1) is 13.8 Å². The van der Waals surface area contributed by atoms with E-state index in [1.165, 1.54) is 5.56 Å². The van der Waals surface area contributed by atoms with Crippen LogP contribution < -0.4 is 0 Å². The number of hydrogen-bond donors (Lipinski definition) is 0. The van der Waals surface area contributed by atoms with Gasteiger partial charge >= 0.3 is 0 Å². The van der Waals surface area contributed by atoms with Crippen molar-refractivity contribution in [3.63, 3.8) is 0 Å². The Balaban J connectivity index is 1.83. The molecule has 1 amide bonds. The Bertz CT molecular complexity index is 922. The number of pyridine rings is 3. The predicted molar refractivity (Wildman–Crippen MR) is 98.5 cm³/mol. The summed E-state index contributed by atoms with van der Waals surface area (Å²) in [6, 6.07) is 9.71. The molecule has 3 aromatic rings. The van der Waals surface area contributed by atoms with Gasteiger partial charge in [-0.05, 0) is 56.7 Å². The molecule has 0 aliphatic carbocycles. The first-order valence-electron chi connectivity index (χ1n) is 8.37. The van der Waals surface area contributed by atoms with Crippen molar-refractivity contribution < 1.29 is 4.79 Å². The summed E-state index contributed by atoms with van der Waals surface area (Å²) in [6.07, 6.45) is 4.23. The summed E-state index contributed by atoms with van der Waals surface area (Å²) in [5.74, 6) is -0.0316. The van der Waals surface area contributed by atoms with Gasteiger partial charge in [-0.1, -0.05) is 0 Å². The summed E-state index contributed by atoms with van der Waals surface area (Å²) in [7, 11) is 1.83. The normalized spacial score (nSPS) is 12.2. The lowest BCUT2D eigenvalue weighted by molar-refractivity contribution is 0.0742. The molecule has 0 bridgehead atoms. The SMILES string of the molecule is Cc1ccnc(CC(C)N(C)C(=O)c2cc3cccnc3nc2C)c1. The maximum absolute atomic E-state index is 13.0. The van der Waals surface area contributed by atoms with Crippen LogP contribution >= 0.6 is 0 Å². The zero-order valence-corrected chi connectivity index (χ0v) is 15.0. The molecule has 0 saturated carbocycles. The van der Waals surface area contributed by atoms with Gasteiger partial charge in [0.15, 0.2) is 5.65 Å². The minimum atomic E-state index is -0.0316. The first-order valence-corrected chi connectivity index (χ1v) is 8.37. The molecule has 0 spiro atoms. The van der Waals surface area contributed by atoms with Crippen molar-refractivity contribution in [3.05, 3.63) is 65.2 Å². The monoisotopic (exact) mass is 334 g/mol. The van der Waals surface area contributed by atoms with E-state index in [4.69, 9.17) is 0 Å². The lowest BCUT2D eigenvalue weighted by Crippen LogP contribution is -2.37. The molecule has 0 aromatic carbocycles. The van der Waals surface area contributed by atoms with Gasteiger partial charge in [-0.25, -0.2) is 9.97 Å². The van der Waals surface area contributed by atoms with E-state index in [1.807, 2.05) is 58.3 Å². The third kappa shape index (κ3) is 3.65. The fraction of sp³-hybridized carbons (Fsp3) is 0.300. The second-order valence-electron chi connectivity index (χ2n) is 6.47. The topological polar surface area (TPSA) is 59.0 Å². The minimum Gasteiger partial charge on any atom is -0.339 e. The largest absolute Gasteiger partial charge is 0.339 e. The van der Waals surface area contributed by atoms with E-state index in [9.17, 15) is 4.79 Å². The van der Waals surface area contributed by atoms with Crippen LogP contribution in [0.3, 0.4) is 0 Å². The van der Waals surface area contributed by atoms with Gasteiger partial charge in [0.2, 0.25) is 0 Å². The van der Waals surface area contributed by atoms with E-state index in [0.29, 0.717) is 23.3 Å². The molecule has 0 aliphatic heterocycles. The van der Waals surface area contributed by atoms with Crippen molar-refractivity contribution >= 4 is 16.9 Å². The van der Waals surface area contributed by atoms with E-state index < -0.39 is 0 Å². The van der Waals surface area contributed by atoms with Crippen LogP contribution in [-0.4, -0.2) is 38.8 Å². The van der Waals surface area contributed by atoms with Gasteiger partial charge in [0, 0.05) is 43.0 Å². The smallest absolute Gasteiger partial charge is 0.255 e. The molecule has 0 fully saturated rings. The van der Waals surface area contributed by atoms with Gasteiger partial charge in [-0.3, -0.25) is 9.78 Å². The van der Waals surface area contributed by atoms with Gasteiger partial charge < -0.3 is 4.90 Å². The second-order valence-corrected chi connectivity index (χ2v) is 6.47. The van der Waals surface area contributed by atoms with E-state index in [-0.39, 0.29) is 11.9 Å². The summed E-state index contributed by atoms with van der Waals surface area (Å²) >= 11 is 0. The van der Waals surface area contributed by atoms with Crippen LogP contribution in [0.5, 0.6) is 0 Å². The van der Waals surface area contributed by atoms with Gasteiger partial charge in [-0.2, -0.15) is 0 Å². The van der Waals surface area contributed by atoms with Gasteiger partial charge in [0.1, 0.15) is 0 Å². The third-order valence-electron chi connectivity index (χ3n) is 4.47. The third-order valence-corrected chi connectivity index (χ3v) is 4.47. The van der Waals surface area contributed by atoms with Gasteiger partial charge in [0.25, 0.3) is 5.91 Å². The average molecular weight is 334 g/mol. The maximum atomic E-state index is 13.0. The standard InChI is InChI=1S/C20H22N4O/c1-13-7-9-21-17(10-13)11-14(2)24(4)20(25)18-12-16-6-5-8-22-19(16)23-15(18)3/h5-10,12,14H,11H2,1-4H3. The lowest BCUT2D eigenvalue weighted by Gasteiger charge is -2.25. The molecule has 5 heteroatoms. The number of carbonyl (C=O) groups excluding carboxylic acids is 1. The number of amides is 1. The molecule has 1 unspecified atom stereocenters. The van der Waals surface area contributed by atoms with Crippen LogP contribution in [0.25, 0.3) is 11.0 Å². The van der Waals surface area contributed by atoms with Gasteiger partial charge in [0.05, 0.1) is 11.3 Å². The molecule has 0 radical (unpaired) electrons. The highest BCUT2D eigenvalue weighted by Gasteiger charge is 2.21. The first kappa shape index (κ1) is 17.0. The highest BCUT2D eigenvalue weighted by molar-refractivity contribution is 5.98. The van der Waals surface area contributed by atoms with Gasteiger partial charge in [-0.15, -0.1) is 0 Å². The highest BCUT2D eigenvalue weighted by Crippen LogP contribution is 2.17. The Morgan fingerprint density at radius 1 is 1.16 bits per heavy atom. The maximum Gasteiger partial charge on any atom is 0.255 e. The number of aryl methyl sites for hydroxylation is 2.